The number of rotatable bonds is 7. The molecule has 0 saturated heterocycles. The second kappa shape index (κ2) is 9.41. The number of aromatic amines is 1. The van der Waals surface area contributed by atoms with E-state index >= 15 is 0 Å². The van der Waals surface area contributed by atoms with Gasteiger partial charge in [-0.1, -0.05) is 54.6 Å². The first-order valence-electron chi connectivity index (χ1n) is 9.06. The van der Waals surface area contributed by atoms with Crippen LogP contribution in [0.1, 0.15) is 28.5 Å². The number of carbonyl (C=O) groups is 2. The number of alkyl carbamates (subject to hydrolysis) is 1. The van der Waals surface area contributed by atoms with Gasteiger partial charge in [0.1, 0.15) is 12.3 Å². The van der Waals surface area contributed by atoms with Crippen molar-refractivity contribution < 1.29 is 19.1 Å². The molecule has 6 nitrogen and oxygen atoms in total. The molecule has 0 atom stereocenters. The van der Waals surface area contributed by atoms with Gasteiger partial charge in [0.2, 0.25) is 0 Å². The van der Waals surface area contributed by atoms with Gasteiger partial charge in [-0.25, -0.2) is 9.59 Å². The first kappa shape index (κ1) is 19.2. The van der Waals surface area contributed by atoms with Gasteiger partial charge >= 0.3 is 12.1 Å². The highest BCUT2D eigenvalue weighted by molar-refractivity contribution is 5.95. The Labute approximate surface area is 163 Å². The maximum atomic E-state index is 11.8. The molecule has 2 aromatic carbocycles. The van der Waals surface area contributed by atoms with Gasteiger partial charge in [0.05, 0.1) is 6.61 Å². The lowest BCUT2D eigenvalue weighted by molar-refractivity contribution is 0.0520. The number of carbonyl (C=O) groups excluding carboxylic acids is 2. The zero-order valence-corrected chi connectivity index (χ0v) is 15.6. The summed E-state index contributed by atoms with van der Waals surface area (Å²) in [6.45, 7) is 2.70. The number of hydrogen-bond acceptors (Lipinski definition) is 4. The third-order valence-corrected chi connectivity index (χ3v) is 4.03. The van der Waals surface area contributed by atoms with Crippen molar-refractivity contribution in [1.29, 1.82) is 0 Å². The molecule has 1 aromatic heterocycles. The van der Waals surface area contributed by atoms with Crippen LogP contribution < -0.4 is 5.32 Å². The van der Waals surface area contributed by atoms with Crippen molar-refractivity contribution in [3.63, 3.8) is 0 Å². The van der Waals surface area contributed by atoms with Crippen LogP contribution >= 0.6 is 0 Å². The van der Waals surface area contributed by atoms with E-state index in [1.165, 1.54) is 0 Å². The number of aromatic nitrogens is 1. The van der Waals surface area contributed by atoms with Crippen LogP contribution in [0.15, 0.2) is 60.7 Å². The molecule has 144 valence electrons. The monoisotopic (exact) mass is 378 g/mol. The van der Waals surface area contributed by atoms with E-state index in [4.69, 9.17) is 9.47 Å². The van der Waals surface area contributed by atoms with Crippen molar-refractivity contribution in [2.45, 2.75) is 13.5 Å². The Morgan fingerprint density at radius 3 is 2.68 bits per heavy atom. The van der Waals surface area contributed by atoms with E-state index in [9.17, 15) is 9.59 Å². The van der Waals surface area contributed by atoms with Crippen molar-refractivity contribution >= 4 is 29.0 Å². The summed E-state index contributed by atoms with van der Waals surface area (Å²) in [5.41, 5.74) is 3.17. The molecule has 1 amide bonds. The van der Waals surface area contributed by atoms with Crippen LogP contribution in [0, 0.1) is 0 Å². The molecule has 28 heavy (non-hydrogen) atoms. The van der Waals surface area contributed by atoms with E-state index in [1.807, 2.05) is 60.7 Å². The lowest BCUT2D eigenvalue weighted by Gasteiger charge is -2.05. The van der Waals surface area contributed by atoms with E-state index < -0.39 is 6.09 Å². The Morgan fingerprint density at radius 1 is 1.07 bits per heavy atom. The Morgan fingerprint density at radius 2 is 1.89 bits per heavy atom. The average molecular weight is 378 g/mol. The summed E-state index contributed by atoms with van der Waals surface area (Å²) in [7, 11) is 0. The van der Waals surface area contributed by atoms with E-state index in [0.29, 0.717) is 18.8 Å². The van der Waals surface area contributed by atoms with Gasteiger partial charge in [0.25, 0.3) is 0 Å². The maximum Gasteiger partial charge on any atom is 0.407 e. The van der Waals surface area contributed by atoms with Crippen LogP contribution in [-0.4, -0.2) is 30.2 Å². The molecule has 0 radical (unpaired) electrons. The topological polar surface area (TPSA) is 80.4 Å². The molecule has 0 bridgehead atoms. The van der Waals surface area contributed by atoms with E-state index in [1.54, 1.807) is 13.0 Å². The third-order valence-electron chi connectivity index (χ3n) is 4.03. The number of benzene rings is 2. The van der Waals surface area contributed by atoms with Crippen molar-refractivity contribution in [2.24, 2.45) is 0 Å². The molecule has 2 N–H and O–H groups in total. The van der Waals surface area contributed by atoms with Crippen LogP contribution in [0.25, 0.3) is 17.0 Å². The van der Waals surface area contributed by atoms with Gasteiger partial charge in [-0.3, -0.25) is 0 Å². The molecule has 6 heteroatoms. The summed E-state index contributed by atoms with van der Waals surface area (Å²) in [4.78, 5) is 26.6. The number of H-pyrrole nitrogens is 1. The van der Waals surface area contributed by atoms with Crippen LogP contribution in [0.5, 0.6) is 0 Å². The highest BCUT2D eigenvalue weighted by Crippen LogP contribution is 2.18. The van der Waals surface area contributed by atoms with Gasteiger partial charge in [-0.2, -0.15) is 0 Å². The van der Waals surface area contributed by atoms with Crippen molar-refractivity contribution in [3.8, 4) is 0 Å². The summed E-state index contributed by atoms with van der Waals surface area (Å²) >= 11 is 0. The minimum absolute atomic E-state index is 0.239. The lowest BCUT2D eigenvalue weighted by atomic mass is 10.1. The number of nitrogens with one attached hydrogen (secondary N) is 2. The van der Waals surface area contributed by atoms with Gasteiger partial charge in [-0.05, 0) is 30.2 Å². The number of esters is 1. The van der Waals surface area contributed by atoms with Crippen LogP contribution in [-0.2, 0) is 16.1 Å². The van der Waals surface area contributed by atoms with Gasteiger partial charge in [-0.15, -0.1) is 0 Å². The Balaban J connectivity index is 1.50. The average Bonchev–Trinajstić information content (AvgIpc) is 3.14. The summed E-state index contributed by atoms with van der Waals surface area (Å²) in [6, 6.07) is 17.1. The first-order chi connectivity index (χ1) is 13.7. The number of amides is 1. The molecule has 0 aliphatic rings. The zero-order valence-electron chi connectivity index (χ0n) is 15.6. The number of hydrogen-bond donors (Lipinski definition) is 2. The second-order valence-corrected chi connectivity index (χ2v) is 6.10. The van der Waals surface area contributed by atoms with E-state index in [0.717, 1.165) is 22.0 Å². The van der Waals surface area contributed by atoms with E-state index in [-0.39, 0.29) is 12.6 Å². The zero-order chi connectivity index (χ0) is 19.8. The fourth-order valence-corrected chi connectivity index (χ4v) is 2.68. The highest BCUT2D eigenvalue weighted by atomic mass is 16.5. The van der Waals surface area contributed by atoms with Crippen molar-refractivity contribution in [1.82, 2.24) is 10.3 Å². The highest BCUT2D eigenvalue weighted by Gasteiger charge is 2.10. The van der Waals surface area contributed by atoms with Crippen molar-refractivity contribution in [2.75, 3.05) is 13.2 Å². The maximum absolute atomic E-state index is 11.8. The minimum atomic E-state index is -0.465. The van der Waals surface area contributed by atoms with Crippen LogP contribution in [0.2, 0.25) is 0 Å². The Hall–Kier alpha value is -3.54. The molecule has 0 unspecified atom stereocenters. The fraction of sp³-hybridized carbons (Fsp3) is 0.182. The molecular weight excluding hydrogens is 356 g/mol. The molecule has 0 aliphatic heterocycles. The number of fused-ring (bicyclic) bond motifs is 1. The molecule has 0 spiro atoms. The van der Waals surface area contributed by atoms with Crippen LogP contribution in [0.4, 0.5) is 4.79 Å². The smallest absolute Gasteiger partial charge is 0.407 e. The van der Waals surface area contributed by atoms with Gasteiger partial charge < -0.3 is 19.8 Å². The van der Waals surface area contributed by atoms with Gasteiger partial charge in [0, 0.05) is 17.4 Å². The summed E-state index contributed by atoms with van der Waals surface area (Å²) in [5.74, 6) is -0.367. The molecule has 0 saturated carbocycles. The first-order valence-corrected chi connectivity index (χ1v) is 9.06. The standard InChI is InChI=1S/C22H22N2O4/c1-2-27-21(25)20-14-18-11-10-16(13-19(18)24-20)9-6-12-23-22(26)28-15-17-7-4-3-5-8-17/h3-11,13-14,24H,2,12,15H2,1H3,(H,23,26). The van der Waals surface area contributed by atoms with Gasteiger partial charge in [0.15, 0.2) is 0 Å². The predicted octanol–water partition coefficient (Wildman–Crippen LogP) is 4.28. The SMILES string of the molecule is CCOC(=O)c1cc2ccc(C=CCNC(=O)OCc3ccccc3)cc2[nH]1. The molecular formula is C22H22N2O4. The normalized spacial score (nSPS) is 10.9. The Kier molecular flexibility index (Phi) is 6.46. The Bertz CT molecular complexity index is 977. The lowest BCUT2D eigenvalue weighted by Crippen LogP contribution is -2.24. The molecule has 1 heterocycles. The van der Waals surface area contributed by atoms with Crippen molar-refractivity contribution in [3.05, 3.63) is 77.5 Å². The minimum Gasteiger partial charge on any atom is -0.461 e. The second-order valence-electron chi connectivity index (χ2n) is 6.10. The third kappa shape index (κ3) is 5.23. The molecule has 3 aromatic rings. The molecule has 0 aliphatic carbocycles. The van der Waals surface area contributed by atoms with E-state index in [2.05, 4.69) is 10.3 Å². The predicted molar refractivity (Wildman–Crippen MR) is 108 cm³/mol. The molecule has 3 rings (SSSR count). The summed E-state index contributed by atoms with van der Waals surface area (Å²) in [5, 5.41) is 3.61. The van der Waals surface area contributed by atoms with Crippen LogP contribution in [0.3, 0.4) is 0 Å². The quantitative estimate of drug-likeness (QED) is 0.601. The molecule has 0 fully saturated rings. The largest absolute Gasteiger partial charge is 0.461 e. The summed E-state index contributed by atoms with van der Waals surface area (Å²) < 4.78 is 10.2. The summed E-state index contributed by atoms with van der Waals surface area (Å²) in [6.07, 6.45) is 3.26. The number of ether oxygens (including phenoxy) is 2. The fourth-order valence-electron chi connectivity index (χ4n) is 2.68.